The Hall–Kier alpha value is -0.870. The first-order chi connectivity index (χ1) is 9.11. The van der Waals surface area contributed by atoms with Gasteiger partial charge in [-0.1, -0.05) is 42.5 Å². The second kappa shape index (κ2) is 8.33. The molecule has 0 aliphatic carbocycles. The van der Waals surface area contributed by atoms with Crippen LogP contribution in [0.3, 0.4) is 0 Å². The molecule has 0 aromatic heterocycles. The van der Waals surface area contributed by atoms with Crippen LogP contribution in [-0.2, 0) is 13.6 Å². The smallest absolute Gasteiger partial charge is 0.296 e. The Bertz CT molecular complexity index is 436. The lowest BCUT2D eigenvalue weighted by Crippen LogP contribution is -1.96. The van der Waals surface area contributed by atoms with Crippen LogP contribution in [0, 0.1) is 0 Å². The van der Waals surface area contributed by atoms with Gasteiger partial charge in [-0.05, 0) is 5.56 Å². The van der Waals surface area contributed by atoms with Crippen molar-refractivity contribution in [3.63, 3.8) is 0 Å². The highest BCUT2D eigenvalue weighted by Gasteiger charge is 2.30. The highest BCUT2D eigenvalue weighted by Crippen LogP contribution is 2.65. The van der Waals surface area contributed by atoms with Gasteiger partial charge in [-0.25, -0.2) is 8.96 Å². The lowest BCUT2D eigenvalue weighted by molar-refractivity contribution is 0.254. The van der Waals surface area contributed by atoms with Gasteiger partial charge < -0.3 is 0 Å². The SMILES string of the molecule is C=CCOP(=O)(OCC=C)SC(F)c1ccccc1. The summed E-state index contributed by atoms with van der Waals surface area (Å²) in [6.07, 6.45) is 2.86. The normalized spacial score (nSPS) is 12.9. The molecule has 0 saturated heterocycles. The van der Waals surface area contributed by atoms with E-state index in [0.29, 0.717) is 16.9 Å². The van der Waals surface area contributed by atoms with Gasteiger partial charge in [0.15, 0.2) is 5.50 Å². The van der Waals surface area contributed by atoms with Gasteiger partial charge in [0.1, 0.15) is 0 Å². The molecule has 6 heteroatoms. The van der Waals surface area contributed by atoms with Crippen molar-refractivity contribution in [3.8, 4) is 0 Å². The Balaban J connectivity index is 2.73. The van der Waals surface area contributed by atoms with Crippen LogP contribution in [0.4, 0.5) is 4.39 Å². The van der Waals surface area contributed by atoms with Gasteiger partial charge in [0.25, 0.3) is 0 Å². The average Bonchev–Trinajstić information content (AvgIpc) is 2.44. The summed E-state index contributed by atoms with van der Waals surface area (Å²) in [5.41, 5.74) is -1.07. The zero-order valence-corrected chi connectivity index (χ0v) is 12.1. The van der Waals surface area contributed by atoms with E-state index in [1.165, 1.54) is 12.2 Å². The van der Waals surface area contributed by atoms with E-state index in [1.807, 2.05) is 0 Å². The molecule has 1 aromatic carbocycles. The van der Waals surface area contributed by atoms with E-state index in [2.05, 4.69) is 13.2 Å². The molecular formula is C13H16FO3PS. The first-order valence-electron chi connectivity index (χ1n) is 5.59. The number of rotatable bonds is 9. The number of halogens is 1. The zero-order valence-electron chi connectivity index (χ0n) is 10.4. The Morgan fingerprint density at radius 2 is 1.74 bits per heavy atom. The van der Waals surface area contributed by atoms with E-state index in [9.17, 15) is 8.96 Å². The van der Waals surface area contributed by atoms with Crippen LogP contribution in [0.2, 0.25) is 0 Å². The molecule has 0 radical (unpaired) electrons. The lowest BCUT2D eigenvalue weighted by atomic mass is 10.2. The van der Waals surface area contributed by atoms with E-state index in [-0.39, 0.29) is 13.2 Å². The highest BCUT2D eigenvalue weighted by atomic mass is 32.7. The van der Waals surface area contributed by atoms with Gasteiger partial charge in [0.2, 0.25) is 0 Å². The van der Waals surface area contributed by atoms with Crippen molar-refractivity contribution in [2.45, 2.75) is 5.50 Å². The van der Waals surface area contributed by atoms with Crippen LogP contribution in [0.5, 0.6) is 0 Å². The second-order valence-electron chi connectivity index (χ2n) is 3.45. The molecular weight excluding hydrogens is 286 g/mol. The van der Waals surface area contributed by atoms with Crippen molar-refractivity contribution in [2.75, 3.05) is 13.2 Å². The minimum Gasteiger partial charge on any atom is -0.296 e. The molecule has 0 saturated carbocycles. The predicted molar refractivity (Wildman–Crippen MR) is 77.8 cm³/mol. The number of hydrogen-bond donors (Lipinski definition) is 0. The quantitative estimate of drug-likeness (QED) is 0.480. The van der Waals surface area contributed by atoms with Crippen LogP contribution in [-0.4, -0.2) is 13.2 Å². The summed E-state index contributed by atoms with van der Waals surface area (Å²) in [6.45, 7) is 3.40. The third kappa shape index (κ3) is 5.74. The van der Waals surface area contributed by atoms with Gasteiger partial charge in [-0.15, -0.1) is 13.2 Å². The fourth-order valence-electron chi connectivity index (χ4n) is 1.16. The molecule has 0 bridgehead atoms. The average molecular weight is 302 g/mol. The minimum absolute atomic E-state index is 0.0307. The Labute approximate surface area is 116 Å². The fourth-order valence-corrected chi connectivity index (χ4v) is 4.22. The van der Waals surface area contributed by atoms with Crippen LogP contribution >= 0.6 is 18.2 Å². The Morgan fingerprint density at radius 3 is 2.21 bits per heavy atom. The Kier molecular flexibility index (Phi) is 7.10. The van der Waals surface area contributed by atoms with E-state index in [4.69, 9.17) is 9.05 Å². The van der Waals surface area contributed by atoms with Crippen molar-refractivity contribution in [1.82, 2.24) is 0 Å². The third-order valence-corrected chi connectivity index (χ3v) is 5.59. The van der Waals surface area contributed by atoms with E-state index < -0.39 is 12.3 Å². The molecule has 0 fully saturated rings. The number of alkyl halides is 1. The summed E-state index contributed by atoms with van der Waals surface area (Å²) in [5, 5.41) is 0. The molecule has 19 heavy (non-hydrogen) atoms. The van der Waals surface area contributed by atoms with Crippen molar-refractivity contribution >= 4 is 18.2 Å². The number of hydrogen-bond acceptors (Lipinski definition) is 4. The molecule has 0 N–H and O–H groups in total. The second-order valence-corrected chi connectivity index (χ2v) is 7.46. The molecule has 0 amide bonds. The van der Waals surface area contributed by atoms with Gasteiger partial charge >= 0.3 is 6.80 Å². The summed E-state index contributed by atoms with van der Waals surface area (Å²) in [6, 6.07) is 8.43. The van der Waals surface area contributed by atoms with Gasteiger partial charge in [0.05, 0.1) is 13.2 Å². The summed E-state index contributed by atoms with van der Waals surface area (Å²) >= 11 is 0.529. The molecule has 1 unspecified atom stereocenters. The van der Waals surface area contributed by atoms with Crippen LogP contribution < -0.4 is 0 Å². The zero-order chi connectivity index (χ0) is 14.1. The van der Waals surface area contributed by atoms with Crippen LogP contribution in [0.15, 0.2) is 55.6 Å². The highest BCUT2D eigenvalue weighted by molar-refractivity contribution is 8.55. The predicted octanol–water partition coefficient (Wildman–Crippen LogP) is 4.90. The molecule has 0 heterocycles. The standard InChI is InChI=1S/C13H16FO3PS/c1-3-10-16-18(15,17-11-4-2)19-13(14)12-8-6-5-7-9-12/h3-9,13H,1-2,10-11H2. The molecule has 0 aliphatic rings. The molecule has 1 rings (SSSR count). The summed E-state index contributed by atoms with van der Waals surface area (Å²) in [5.74, 6) is 0. The Morgan fingerprint density at radius 1 is 1.21 bits per heavy atom. The summed E-state index contributed by atoms with van der Waals surface area (Å²) in [7, 11) is 0. The van der Waals surface area contributed by atoms with Crippen molar-refractivity contribution in [1.29, 1.82) is 0 Å². The van der Waals surface area contributed by atoms with Crippen molar-refractivity contribution in [2.24, 2.45) is 0 Å². The molecule has 0 spiro atoms. The van der Waals surface area contributed by atoms with Crippen molar-refractivity contribution < 1.29 is 18.0 Å². The first-order valence-corrected chi connectivity index (χ1v) is 8.62. The van der Waals surface area contributed by atoms with Gasteiger partial charge in [-0.3, -0.25) is 9.05 Å². The van der Waals surface area contributed by atoms with Gasteiger partial charge in [-0.2, -0.15) is 0 Å². The summed E-state index contributed by atoms with van der Waals surface area (Å²) < 4.78 is 36.5. The van der Waals surface area contributed by atoms with Crippen molar-refractivity contribution in [3.05, 3.63) is 61.2 Å². The minimum atomic E-state index is -3.57. The molecule has 1 atom stereocenters. The molecule has 104 valence electrons. The monoisotopic (exact) mass is 302 g/mol. The summed E-state index contributed by atoms with van der Waals surface area (Å²) in [4.78, 5) is 0. The van der Waals surface area contributed by atoms with E-state index in [0.717, 1.165) is 0 Å². The van der Waals surface area contributed by atoms with E-state index in [1.54, 1.807) is 30.3 Å². The van der Waals surface area contributed by atoms with E-state index >= 15 is 0 Å². The van der Waals surface area contributed by atoms with Crippen LogP contribution in [0.1, 0.15) is 11.1 Å². The fraction of sp³-hybridized carbons (Fsp3) is 0.231. The molecule has 0 aliphatic heterocycles. The third-order valence-electron chi connectivity index (χ3n) is 1.98. The largest absolute Gasteiger partial charge is 0.392 e. The molecule has 3 nitrogen and oxygen atoms in total. The lowest BCUT2D eigenvalue weighted by Gasteiger charge is -2.18. The maximum atomic E-state index is 14.1. The topological polar surface area (TPSA) is 35.5 Å². The molecule has 1 aromatic rings. The number of benzene rings is 1. The maximum Gasteiger partial charge on any atom is 0.392 e. The van der Waals surface area contributed by atoms with Gasteiger partial charge in [0, 0.05) is 11.4 Å². The maximum absolute atomic E-state index is 14.1. The van der Waals surface area contributed by atoms with Crippen LogP contribution in [0.25, 0.3) is 0 Å². The first kappa shape index (κ1) is 16.2.